The Labute approximate surface area is 310 Å². The molecule has 260 valence electrons. The van der Waals surface area contributed by atoms with Gasteiger partial charge < -0.3 is 23.7 Å². The highest BCUT2D eigenvalue weighted by Crippen LogP contribution is 2.69. The molecule has 0 aromatic carbocycles. The van der Waals surface area contributed by atoms with E-state index in [1.165, 1.54) is 11.5 Å². The van der Waals surface area contributed by atoms with Gasteiger partial charge in [-0.2, -0.15) is 4.37 Å². The largest absolute Gasteiger partial charge is 0.449 e. The molecule has 4 unspecified atom stereocenters. The lowest BCUT2D eigenvalue weighted by Crippen LogP contribution is -2.83. The van der Waals surface area contributed by atoms with Gasteiger partial charge in [-0.05, 0) is 72.2 Å². The molecule has 0 bridgehead atoms. The number of imidazole rings is 1. The lowest BCUT2D eigenvalue weighted by molar-refractivity contribution is -0.0194. The predicted molar refractivity (Wildman–Crippen MR) is 199 cm³/mol. The molecule has 15 heteroatoms. The molecular weight excluding hydrogens is 713 g/mol. The van der Waals surface area contributed by atoms with Crippen molar-refractivity contribution in [3.8, 4) is 0 Å². The van der Waals surface area contributed by atoms with Crippen molar-refractivity contribution >= 4 is 46.0 Å². The molecular formula is C37H32N10O2S3. The predicted octanol–water partition coefficient (Wildman–Crippen LogP) is 7.59. The molecule has 8 aromatic heterocycles. The van der Waals surface area contributed by atoms with E-state index in [0.717, 1.165) is 52.9 Å². The summed E-state index contributed by atoms with van der Waals surface area (Å²) in [5.74, 6) is 1.67. The van der Waals surface area contributed by atoms with Crippen molar-refractivity contribution in [1.82, 2.24) is 39.2 Å². The fourth-order valence-corrected chi connectivity index (χ4v) is 11.1. The van der Waals surface area contributed by atoms with Crippen LogP contribution in [0.5, 0.6) is 0 Å². The van der Waals surface area contributed by atoms with E-state index in [2.05, 4.69) is 60.4 Å². The third-order valence-corrected chi connectivity index (χ3v) is 12.7. The van der Waals surface area contributed by atoms with Crippen molar-refractivity contribution in [3.63, 3.8) is 0 Å². The summed E-state index contributed by atoms with van der Waals surface area (Å²) in [5.41, 5.74) is -1.36. The van der Waals surface area contributed by atoms with Gasteiger partial charge in [-0.15, -0.1) is 22.7 Å². The van der Waals surface area contributed by atoms with E-state index in [-0.39, 0.29) is 0 Å². The summed E-state index contributed by atoms with van der Waals surface area (Å²) in [7, 11) is 0. The molecule has 52 heavy (non-hydrogen) atoms. The first-order valence-corrected chi connectivity index (χ1v) is 19.6. The maximum absolute atomic E-state index is 6.73. The Hall–Kier alpha value is -5.35. The fourth-order valence-electron chi connectivity index (χ4n) is 8.77. The van der Waals surface area contributed by atoms with Crippen LogP contribution in [-0.4, -0.2) is 52.3 Å². The molecule has 2 fully saturated rings. The molecule has 2 saturated heterocycles. The monoisotopic (exact) mass is 744 g/mol. The average molecular weight is 745 g/mol. The van der Waals surface area contributed by atoms with Gasteiger partial charge >= 0.3 is 0 Å². The van der Waals surface area contributed by atoms with Crippen LogP contribution in [0.1, 0.15) is 51.7 Å². The van der Waals surface area contributed by atoms with Gasteiger partial charge in [0.15, 0.2) is 22.6 Å². The second-order valence-electron chi connectivity index (χ2n) is 12.7. The summed E-state index contributed by atoms with van der Waals surface area (Å²) in [6, 6.07) is 19.9. The van der Waals surface area contributed by atoms with Crippen molar-refractivity contribution < 1.29 is 8.83 Å². The van der Waals surface area contributed by atoms with E-state index in [0.29, 0.717) is 17.7 Å². The summed E-state index contributed by atoms with van der Waals surface area (Å²) in [5, 5.41) is 7.05. The van der Waals surface area contributed by atoms with Crippen molar-refractivity contribution in [1.29, 1.82) is 0 Å². The Morgan fingerprint density at radius 2 is 1.67 bits per heavy atom. The molecule has 8 aromatic rings. The van der Waals surface area contributed by atoms with E-state index in [4.69, 9.17) is 33.1 Å². The quantitative estimate of drug-likeness (QED) is 0.152. The molecule has 2 N–H and O–H groups in total. The smallest absolute Gasteiger partial charge is 0.228 e. The number of thiophene rings is 1. The number of aromatic amines is 2. The summed E-state index contributed by atoms with van der Waals surface area (Å²) in [4.78, 5) is 36.2. The minimum absolute atomic E-state index is 0.444. The highest BCUT2D eigenvalue weighted by atomic mass is 32.1. The third kappa shape index (κ3) is 4.12. The molecule has 12 nitrogen and oxygen atoms in total. The number of piperazine rings is 1. The molecule has 0 aliphatic carbocycles. The fraction of sp³-hybridized carbons (Fsp3) is 0.216. The second-order valence-corrected chi connectivity index (χ2v) is 15.2. The van der Waals surface area contributed by atoms with Crippen molar-refractivity contribution in [2.75, 3.05) is 22.9 Å². The van der Waals surface area contributed by atoms with Crippen LogP contribution in [0.3, 0.4) is 0 Å². The van der Waals surface area contributed by atoms with E-state index in [1.54, 1.807) is 47.6 Å². The van der Waals surface area contributed by atoms with Gasteiger partial charge in [-0.1, -0.05) is 12.1 Å². The zero-order valence-corrected chi connectivity index (χ0v) is 30.1. The van der Waals surface area contributed by atoms with Gasteiger partial charge in [-0.3, -0.25) is 14.8 Å². The normalized spacial score (nSPS) is 25.3. The lowest BCUT2D eigenvalue weighted by atomic mass is 9.62. The summed E-state index contributed by atoms with van der Waals surface area (Å²) >= 11 is 4.66. The number of oxazole rings is 1. The Morgan fingerprint density at radius 3 is 2.33 bits per heavy atom. The van der Waals surface area contributed by atoms with Gasteiger partial charge in [0.2, 0.25) is 11.8 Å². The van der Waals surface area contributed by atoms with Crippen LogP contribution in [0.4, 0.5) is 11.8 Å². The number of nitrogens with one attached hydrogen (secondary N) is 2. The number of aromatic nitrogens is 7. The van der Waals surface area contributed by atoms with E-state index in [9.17, 15) is 0 Å². The number of hydrogen-bond donors (Lipinski definition) is 2. The number of thiazole rings is 1. The first kappa shape index (κ1) is 31.4. The van der Waals surface area contributed by atoms with Gasteiger partial charge in [0, 0.05) is 65.8 Å². The summed E-state index contributed by atoms with van der Waals surface area (Å²) in [6.45, 7) is 1.60. The first-order valence-electron chi connectivity index (χ1n) is 17.0. The molecule has 0 radical (unpaired) electrons. The highest BCUT2D eigenvalue weighted by molar-refractivity contribution is 7.10. The Bertz CT molecular complexity index is 2250. The molecule has 0 amide bonds. The first-order chi connectivity index (χ1) is 25.8. The Morgan fingerprint density at radius 1 is 0.712 bits per heavy atom. The van der Waals surface area contributed by atoms with Gasteiger partial charge in [0.25, 0.3) is 0 Å². The Balaban J connectivity index is 1.53. The maximum Gasteiger partial charge on any atom is 0.228 e. The van der Waals surface area contributed by atoms with Crippen molar-refractivity contribution in [2.45, 2.75) is 35.6 Å². The zero-order chi connectivity index (χ0) is 34.6. The lowest BCUT2D eigenvalue weighted by Gasteiger charge is -2.70. The minimum atomic E-state index is -1.37. The standard InChI is InChI=1S/C37H32N10O2S3/c1-2-13-38-26(8-1)35(27-9-5-14-39-27)36(29-10-7-23-50-29,33-41-17-22-49-33)47(30-11-6-21-48-30)37(28-12-24-52-44-28,45-19-3-4-20-45)31(32-40-18-25-51-32)46(35)34-42-15-16-43-34/h1-2,5-18,21-25,31,39H,3-4,19-20H2,(H,42,43). The van der Waals surface area contributed by atoms with Gasteiger partial charge in [0.05, 0.1) is 29.5 Å². The topological polar surface area (TPSA) is 132 Å². The molecule has 0 spiro atoms. The van der Waals surface area contributed by atoms with Crippen LogP contribution in [-0.2, 0) is 16.7 Å². The van der Waals surface area contributed by atoms with Crippen molar-refractivity contribution in [2.24, 2.45) is 0 Å². The summed E-state index contributed by atoms with van der Waals surface area (Å²) in [6.07, 6.45) is 16.4. The SMILES string of the molecule is c1ccc(C2(c3ccc[nH]3)N(c3ncc[nH]3)C(c3nccs3)C(c3ccsn3)(N3CCCC3)N(c3ccco3)C2(c2ncco2)c2cccs2)nc1. The number of likely N-dealkylation sites (tertiary alicyclic amines) is 1. The van der Waals surface area contributed by atoms with E-state index in [1.807, 2.05) is 65.9 Å². The van der Waals surface area contributed by atoms with Crippen LogP contribution in [0.15, 0.2) is 135 Å². The minimum Gasteiger partial charge on any atom is -0.449 e. The number of hydrogen-bond acceptors (Lipinski definition) is 13. The number of nitrogens with zero attached hydrogens (tertiary/aromatic N) is 8. The van der Waals surface area contributed by atoms with E-state index < -0.39 is 22.8 Å². The number of pyridine rings is 1. The molecule has 10 heterocycles. The summed E-state index contributed by atoms with van der Waals surface area (Å²) < 4.78 is 18.7. The maximum atomic E-state index is 6.73. The van der Waals surface area contributed by atoms with Gasteiger partial charge in [0.1, 0.15) is 17.3 Å². The number of rotatable bonds is 9. The average Bonchev–Trinajstić information content (AvgIpc) is 4.06. The number of furan rings is 1. The zero-order valence-electron chi connectivity index (χ0n) is 27.6. The number of anilines is 2. The highest BCUT2D eigenvalue weighted by Gasteiger charge is 2.80. The molecule has 0 saturated carbocycles. The van der Waals surface area contributed by atoms with E-state index >= 15 is 0 Å². The van der Waals surface area contributed by atoms with Crippen LogP contribution >= 0.6 is 34.2 Å². The third-order valence-electron chi connectivity index (χ3n) is 10.4. The molecule has 10 rings (SSSR count). The van der Waals surface area contributed by atoms with Crippen LogP contribution in [0, 0.1) is 0 Å². The number of H-pyrrole nitrogens is 2. The Kier molecular flexibility index (Phi) is 7.49. The van der Waals surface area contributed by atoms with Crippen LogP contribution < -0.4 is 9.80 Å². The molecule has 2 aliphatic rings. The molecule has 4 atom stereocenters. The van der Waals surface area contributed by atoms with Gasteiger partial charge in [-0.25, -0.2) is 15.0 Å². The second kappa shape index (κ2) is 12.4. The van der Waals surface area contributed by atoms with Crippen molar-refractivity contribution in [3.05, 3.63) is 159 Å². The van der Waals surface area contributed by atoms with Crippen LogP contribution in [0.2, 0.25) is 0 Å². The van der Waals surface area contributed by atoms with Crippen LogP contribution in [0.25, 0.3) is 0 Å². The molecule has 2 aliphatic heterocycles.